The van der Waals surface area contributed by atoms with Gasteiger partial charge >= 0.3 is 0 Å². The second-order valence-corrected chi connectivity index (χ2v) is 6.15. The number of ether oxygens (including phenoxy) is 1. The van der Waals surface area contributed by atoms with Gasteiger partial charge in [-0.25, -0.2) is 0 Å². The summed E-state index contributed by atoms with van der Waals surface area (Å²) in [4.78, 5) is 2.66. The molecule has 1 aromatic carbocycles. The number of hydrogen-bond acceptors (Lipinski definition) is 4. The van der Waals surface area contributed by atoms with Crippen LogP contribution in [0.5, 0.6) is 5.75 Å². The van der Waals surface area contributed by atoms with E-state index in [2.05, 4.69) is 39.8 Å². The van der Waals surface area contributed by atoms with Gasteiger partial charge in [0.2, 0.25) is 0 Å². The van der Waals surface area contributed by atoms with Crippen LogP contribution in [0.4, 0.5) is 0 Å². The van der Waals surface area contributed by atoms with E-state index in [1.807, 2.05) is 0 Å². The van der Waals surface area contributed by atoms with Gasteiger partial charge in [-0.1, -0.05) is 18.2 Å². The predicted octanol–water partition coefficient (Wildman–Crippen LogP) is 2.48. The molecule has 2 N–H and O–H groups in total. The summed E-state index contributed by atoms with van der Waals surface area (Å²) in [7, 11) is 1.77. The monoisotopic (exact) mass is 361 g/mol. The topological polar surface area (TPSA) is 36.5 Å². The molecule has 1 aromatic rings. The summed E-state index contributed by atoms with van der Waals surface area (Å²) < 4.78 is 5.57. The number of halogens is 2. The molecular formula is C17H29Cl2N3O. The maximum atomic E-state index is 5.57. The minimum atomic E-state index is 0. The van der Waals surface area contributed by atoms with Gasteiger partial charge in [-0.05, 0) is 37.9 Å². The first kappa shape index (κ1) is 20.5. The van der Waals surface area contributed by atoms with Crippen molar-refractivity contribution in [2.75, 3.05) is 46.4 Å². The van der Waals surface area contributed by atoms with Crippen LogP contribution in [0, 0.1) is 5.92 Å². The minimum Gasteiger partial charge on any atom is -0.496 e. The quantitative estimate of drug-likeness (QED) is 0.863. The van der Waals surface area contributed by atoms with Gasteiger partial charge in [0, 0.05) is 31.7 Å². The van der Waals surface area contributed by atoms with E-state index < -0.39 is 0 Å². The molecule has 2 aliphatic rings. The number of methoxy groups -OCH3 is 1. The summed E-state index contributed by atoms with van der Waals surface area (Å²) in [6, 6.07) is 8.90. The summed E-state index contributed by atoms with van der Waals surface area (Å²) >= 11 is 0. The Hall–Kier alpha value is -0.520. The zero-order valence-electron chi connectivity index (χ0n) is 13.8. The number of piperazine rings is 1. The molecule has 0 saturated carbocycles. The Balaban J connectivity index is 0.00000132. The van der Waals surface area contributed by atoms with Gasteiger partial charge in [0.25, 0.3) is 0 Å². The lowest BCUT2D eigenvalue weighted by molar-refractivity contribution is 0.124. The van der Waals surface area contributed by atoms with Crippen molar-refractivity contribution in [3.05, 3.63) is 29.8 Å². The minimum absolute atomic E-state index is 0. The van der Waals surface area contributed by atoms with Crippen molar-refractivity contribution in [1.29, 1.82) is 0 Å². The fourth-order valence-corrected chi connectivity index (χ4v) is 3.61. The van der Waals surface area contributed by atoms with E-state index in [0.29, 0.717) is 6.04 Å². The fraction of sp³-hybridized carbons (Fsp3) is 0.647. The summed E-state index contributed by atoms with van der Waals surface area (Å²) in [6.45, 7) is 6.81. The van der Waals surface area contributed by atoms with Crippen molar-refractivity contribution in [2.45, 2.75) is 18.9 Å². The average Bonchev–Trinajstić information content (AvgIpc) is 2.56. The second kappa shape index (κ2) is 10.4. The molecule has 1 atom stereocenters. The van der Waals surface area contributed by atoms with E-state index in [-0.39, 0.29) is 24.8 Å². The number of nitrogens with one attached hydrogen (secondary N) is 2. The Bertz CT molecular complexity index is 455. The molecule has 2 aliphatic heterocycles. The molecular weight excluding hydrogens is 333 g/mol. The molecule has 3 rings (SSSR count). The molecule has 0 spiro atoms. The average molecular weight is 362 g/mol. The van der Waals surface area contributed by atoms with Gasteiger partial charge in [0.05, 0.1) is 13.2 Å². The first-order valence-corrected chi connectivity index (χ1v) is 8.17. The number of nitrogens with zero attached hydrogens (tertiary/aromatic N) is 1. The van der Waals surface area contributed by atoms with Crippen LogP contribution in [-0.2, 0) is 0 Å². The Labute approximate surface area is 152 Å². The molecule has 2 saturated heterocycles. The van der Waals surface area contributed by atoms with Gasteiger partial charge in [-0.15, -0.1) is 24.8 Å². The summed E-state index contributed by atoms with van der Waals surface area (Å²) in [5.41, 5.74) is 1.32. The summed E-state index contributed by atoms with van der Waals surface area (Å²) in [5, 5.41) is 7.00. The van der Waals surface area contributed by atoms with Crippen LogP contribution >= 0.6 is 24.8 Å². The van der Waals surface area contributed by atoms with Crippen molar-refractivity contribution >= 4 is 24.8 Å². The van der Waals surface area contributed by atoms with Gasteiger partial charge in [0.15, 0.2) is 0 Å². The van der Waals surface area contributed by atoms with Gasteiger partial charge < -0.3 is 15.4 Å². The molecule has 1 unspecified atom stereocenters. The number of rotatable bonds is 4. The number of benzene rings is 1. The van der Waals surface area contributed by atoms with E-state index in [1.54, 1.807) is 7.11 Å². The predicted molar refractivity (Wildman–Crippen MR) is 100 cm³/mol. The van der Waals surface area contributed by atoms with Crippen LogP contribution in [0.25, 0.3) is 0 Å². The van der Waals surface area contributed by atoms with Crippen molar-refractivity contribution in [3.8, 4) is 5.75 Å². The Morgan fingerprint density at radius 1 is 1.09 bits per heavy atom. The maximum Gasteiger partial charge on any atom is 0.123 e. The molecule has 2 heterocycles. The molecule has 2 fully saturated rings. The first-order chi connectivity index (χ1) is 10.4. The highest BCUT2D eigenvalue weighted by Gasteiger charge is 2.28. The molecule has 0 radical (unpaired) electrons. The highest BCUT2D eigenvalue weighted by molar-refractivity contribution is 5.85. The van der Waals surface area contributed by atoms with E-state index in [1.165, 1.54) is 38.0 Å². The van der Waals surface area contributed by atoms with Gasteiger partial charge in [0.1, 0.15) is 5.75 Å². The van der Waals surface area contributed by atoms with Crippen molar-refractivity contribution in [1.82, 2.24) is 15.5 Å². The second-order valence-electron chi connectivity index (χ2n) is 6.15. The molecule has 132 valence electrons. The lowest BCUT2D eigenvalue weighted by atomic mass is 9.94. The lowest BCUT2D eigenvalue weighted by Crippen LogP contribution is -2.48. The Morgan fingerprint density at radius 2 is 1.83 bits per heavy atom. The standard InChI is InChI=1S/C17H27N3O.2ClH/c1-21-17-5-3-2-4-15(17)16-12-19-10-11-20(16)13-14-6-8-18-9-7-14;;/h2-5,14,16,18-19H,6-13H2,1H3;2*1H. The zero-order valence-corrected chi connectivity index (χ0v) is 15.4. The van der Waals surface area contributed by atoms with E-state index in [9.17, 15) is 0 Å². The molecule has 23 heavy (non-hydrogen) atoms. The van der Waals surface area contributed by atoms with Crippen LogP contribution in [0.3, 0.4) is 0 Å². The van der Waals surface area contributed by atoms with E-state index in [4.69, 9.17) is 4.74 Å². The van der Waals surface area contributed by atoms with Gasteiger partial charge in [-0.3, -0.25) is 4.90 Å². The number of piperidine rings is 1. The smallest absolute Gasteiger partial charge is 0.123 e. The maximum absolute atomic E-state index is 5.57. The molecule has 0 aliphatic carbocycles. The third-order valence-corrected chi connectivity index (χ3v) is 4.80. The highest BCUT2D eigenvalue weighted by atomic mass is 35.5. The lowest BCUT2D eigenvalue weighted by Gasteiger charge is -2.39. The SMILES string of the molecule is COc1ccccc1C1CNCCN1CC1CCNCC1.Cl.Cl. The highest BCUT2D eigenvalue weighted by Crippen LogP contribution is 2.31. The van der Waals surface area contributed by atoms with Crippen LogP contribution in [0.2, 0.25) is 0 Å². The van der Waals surface area contributed by atoms with Crippen LogP contribution in [0.1, 0.15) is 24.4 Å². The zero-order chi connectivity index (χ0) is 14.5. The molecule has 0 bridgehead atoms. The van der Waals surface area contributed by atoms with Crippen molar-refractivity contribution < 1.29 is 4.74 Å². The molecule has 0 aromatic heterocycles. The third-order valence-electron chi connectivity index (χ3n) is 4.80. The Morgan fingerprint density at radius 3 is 2.57 bits per heavy atom. The largest absolute Gasteiger partial charge is 0.496 e. The van der Waals surface area contributed by atoms with Crippen molar-refractivity contribution in [3.63, 3.8) is 0 Å². The van der Waals surface area contributed by atoms with Crippen LogP contribution in [0.15, 0.2) is 24.3 Å². The fourth-order valence-electron chi connectivity index (χ4n) is 3.61. The summed E-state index contributed by atoms with van der Waals surface area (Å²) in [5.74, 6) is 1.85. The first-order valence-electron chi connectivity index (χ1n) is 8.17. The molecule has 0 amide bonds. The normalized spacial score (nSPS) is 22.7. The number of para-hydroxylation sites is 1. The van der Waals surface area contributed by atoms with Crippen LogP contribution in [-0.4, -0.2) is 51.3 Å². The third kappa shape index (κ3) is 5.23. The number of hydrogen-bond donors (Lipinski definition) is 2. The molecule has 4 nitrogen and oxygen atoms in total. The Kier molecular flexibility index (Phi) is 9.25. The van der Waals surface area contributed by atoms with E-state index in [0.717, 1.165) is 31.3 Å². The van der Waals surface area contributed by atoms with Gasteiger partial charge in [-0.2, -0.15) is 0 Å². The van der Waals surface area contributed by atoms with Crippen molar-refractivity contribution in [2.24, 2.45) is 5.92 Å². The van der Waals surface area contributed by atoms with E-state index >= 15 is 0 Å². The molecule has 6 heteroatoms. The summed E-state index contributed by atoms with van der Waals surface area (Å²) in [6.07, 6.45) is 2.62. The van der Waals surface area contributed by atoms with Crippen LogP contribution < -0.4 is 15.4 Å².